The van der Waals surface area contributed by atoms with Crippen LogP contribution in [-0.2, 0) is 16.1 Å². The number of para-hydroxylation sites is 1. The molecule has 1 aliphatic heterocycles. The molecule has 3 heterocycles. The molecule has 2 amide bonds. The normalized spacial score (nSPS) is 13.9. The summed E-state index contributed by atoms with van der Waals surface area (Å²) in [5.74, 6) is -0.114. The predicted molar refractivity (Wildman–Crippen MR) is 116 cm³/mol. The SMILES string of the molecule is Cc1nn(CC(=O)NCCCN2CCCC2=O)c(=O)c2nn(-c3ccccc3)c(C)c12. The number of carbonyl (C=O) groups is 2. The molecule has 9 heteroatoms. The molecule has 3 aromatic rings. The van der Waals surface area contributed by atoms with Gasteiger partial charge in [-0.1, -0.05) is 18.2 Å². The molecular formula is C22H26N6O3. The Morgan fingerprint density at radius 1 is 1.13 bits per heavy atom. The Kier molecular flexibility index (Phi) is 5.83. The summed E-state index contributed by atoms with van der Waals surface area (Å²) in [5.41, 5.74) is 2.24. The van der Waals surface area contributed by atoms with Crippen LogP contribution in [0.15, 0.2) is 35.1 Å². The Labute approximate surface area is 179 Å². The molecule has 1 N–H and O–H groups in total. The van der Waals surface area contributed by atoms with E-state index in [2.05, 4.69) is 15.5 Å². The molecule has 4 rings (SSSR count). The summed E-state index contributed by atoms with van der Waals surface area (Å²) in [7, 11) is 0. The zero-order chi connectivity index (χ0) is 22.0. The highest BCUT2D eigenvalue weighted by Gasteiger charge is 2.20. The Bertz CT molecular complexity index is 1180. The maximum absolute atomic E-state index is 13.0. The van der Waals surface area contributed by atoms with Gasteiger partial charge in [-0.2, -0.15) is 10.2 Å². The van der Waals surface area contributed by atoms with Crippen LogP contribution in [0.2, 0.25) is 0 Å². The molecule has 0 aliphatic carbocycles. The monoisotopic (exact) mass is 422 g/mol. The van der Waals surface area contributed by atoms with Gasteiger partial charge in [0.15, 0.2) is 5.52 Å². The number of aryl methyl sites for hydroxylation is 2. The van der Waals surface area contributed by atoms with Gasteiger partial charge >= 0.3 is 0 Å². The van der Waals surface area contributed by atoms with E-state index >= 15 is 0 Å². The number of aromatic nitrogens is 4. The minimum Gasteiger partial charge on any atom is -0.354 e. The lowest BCUT2D eigenvalue weighted by Crippen LogP contribution is -2.36. The number of hydrogen-bond acceptors (Lipinski definition) is 5. The molecule has 162 valence electrons. The van der Waals surface area contributed by atoms with E-state index in [9.17, 15) is 14.4 Å². The lowest BCUT2D eigenvalue weighted by atomic mass is 10.2. The number of nitrogens with zero attached hydrogens (tertiary/aromatic N) is 5. The zero-order valence-corrected chi connectivity index (χ0v) is 17.8. The fourth-order valence-electron chi connectivity index (χ4n) is 4.04. The molecule has 1 fully saturated rings. The second-order valence-corrected chi connectivity index (χ2v) is 7.79. The number of nitrogens with one attached hydrogen (secondary N) is 1. The standard InChI is InChI=1S/C22H26N6O3/c1-15-20-16(2)28(17-8-4-3-5-9-17)25-21(20)22(31)27(24-15)14-18(29)23-11-7-13-26-12-6-10-19(26)30/h3-5,8-9H,6-7,10-14H2,1-2H3,(H,23,29). The summed E-state index contributed by atoms with van der Waals surface area (Å²) in [6, 6.07) is 9.58. The lowest BCUT2D eigenvalue weighted by molar-refractivity contribution is -0.127. The minimum atomic E-state index is -0.392. The van der Waals surface area contributed by atoms with Gasteiger partial charge in [-0.15, -0.1) is 0 Å². The predicted octanol–water partition coefficient (Wildman–Crippen LogP) is 1.33. The number of likely N-dealkylation sites (tertiary alicyclic amines) is 1. The molecule has 0 bridgehead atoms. The molecule has 1 saturated heterocycles. The van der Waals surface area contributed by atoms with Crippen LogP contribution in [0, 0.1) is 13.8 Å². The molecule has 1 aromatic carbocycles. The average molecular weight is 422 g/mol. The van der Waals surface area contributed by atoms with E-state index in [1.54, 1.807) is 4.68 Å². The van der Waals surface area contributed by atoms with Gasteiger partial charge in [0.2, 0.25) is 11.8 Å². The number of rotatable bonds is 7. The molecule has 31 heavy (non-hydrogen) atoms. The number of amides is 2. The van der Waals surface area contributed by atoms with Gasteiger partial charge in [0, 0.05) is 26.1 Å². The van der Waals surface area contributed by atoms with E-state index in [1.807, 2.05) is 49.1 Å². The van der Waals surface area contributed by atoms with Crippen LogP contribution in [0.4, 0.5) is 0 Å². The summed E-state index contributed by atoms with van der Waals surface area (Å²) in [4.78, 5) is 38.7. The summed E-state index contributed by atoms with van der Waals surface area (Å²) in [6.07, 6.45) is 2.20. The van der Waals surface area contributed by atoms with Gasteiger partial charge in [-0.05, 0) is 38.8 Å². The number of benzene rings is 1. The Morgan fingerprint density at radius 3 is 2.61 bits per heavy atom. The van der Waals surface area contributed by atoms with E-state index in [4.69, 9.17) is 0 Å². The lowest BCUT2D eigenvalue weighted by Gasteiger charge is -2.15. The summed E-state index contributed by atoms with van der Waals surface area (Å²) in [5, 5.41) is 12.4. The van der Waals surface area contributed by atoms with Crippen LogP contribution < -0.4 is 10.9 Å². The number of hydrogen-bond donors (Lipinski definition) is 1. The van der Waals surface area contributed by atoms with Crippen molar-refractivity contribution in [2.45, 2.75) is 39.7 Å². The summed E-state index contributed by atoms with van der Waals surface area (Å²) in [6.45, 7) is 5.42. The average Bonchev–Trinajstić information content (AvgIpc) is 3.33. The van der Waals surface area contributed by atoms with Crippen molar-refractivity contribution in [1.29, 1.82) is 0 Å². The van der Waals surface area contributed by atoms with Crippen molar-refractivity contribution in [1.82, 2.24) is 29.8 Å². The molecule has 9 nitrogen and oxygen atoms in total. The van der Waals surface area contributed by atoms with E-state index in [-0.39, 0.29) is 18.4 Å². The van der Waals surface area contributed by atoms with E-state index in [0.29, 0.717) is 42.5 Å². The van der Waals surface area contributed by atoms with E-state index in [1.165, 1.54) is 4.68 Å². The highest BCUT2D eigenvalue weighted by molar-refractivity contribution is 5.84. The third-order valence-electron chi connectivity index (χ3n) is 5.58. The van der Waals surface area contributed by atoms with Gasteiger partial charge in [-0.25, -0.2) is 9.36 Å². The van der Waals surface area contributed by atoms with Crippen molar-refractivity contribution in [3.8, 4) is 5.69 Å². The molecule has 1 aliphatic rings. The Balaban J connectivity index is 1.47. The second-order valence-electron chi connectivity index (χ2n) is 7.79. The Morgan fingerprint density at radius 2 is 1.90 bits per heavy atom. The van der Waals surface area contributed by atoms with Crippen LogP contribution in [0.25, 0.3) is 16.6 Å². The smallest absolute Gasteiger partial charge is 0.295 e. The molecule has 0 spiro atoms. The van der Waals surface area contributed by atoms with Crippen molar-refractivity contribution in [3.63, 3.8) is 0 Å². The van der Waals surface area contributed by atoms with Gasteiger partial charge in [0.25, 0.3) is 5.56 Å². The van der Waals surface area contributed by atoms with Crippen molar-refractivity contribution in [3.05, 3.63) is 52.1 Å². The van der Waals surface area contributed by atoms with Crippen LogP contribution in [-0.4, -0.2) is 55.9 Å². The third-order valence-corrected chi connectivity index (χ3v) is 5.58. The molecule has 0 radical (unpaired) electrons. The maximum Gasteiger partial charge on any atom is 0.295 e. The summed E-state index contributed by atoms with van der Waals surface area (Å²) >= 11 is 0. The Hall–Kier alpha value is -3.49. The van der Waals surface area contributed by atoms with Crippen LogP contribution in [0.5, 0.6) is 0 Å². The third kappa shape index (κ3) is 4.21. The number of fused-ring (bicyclic) bond motifs is 1. The summed E-state index contributed by atoms with van der Waals surface area (Å²) < 4.78 is 2.89. The van der Waals surface area contributed by atoms with Gasteiger partial charge in [0.05, 0.1) is 22.5 Å². The molecule has 0 unspecified atom stereocenters. The fourth-order valence-corrected chi connectivity index (χ4v) is 4.04. The topological polar surface area (TPSA) is 102 Å². The highest BCUT2D eigenvalue weighted by Crippen LogP contribution is 2.20. The van der Waals surface area contributed by atoms with Gasteiger partial charge in [0.1, 0.15) is 6.54 Å². The van der Waals surface area contributed by atoms with Crippen LogP contribution in [0.3, 0.4) is 0 Å². The van der Waals surface area contributed by atoms with Crippen molar-refractivity contribution < 1.29 is 9.59 Å². The first kappa shape index (κ1) is 20.8. The molecule has 2 aromatic heterocycles. The fraction of sp³-hybridized carbons (Fsp3) is 0.409. The van der Waals surface area contributed by atoms with Crippen LogP contribution in [0.1, 0.15) is 30.7 Å². The largest absolute Gasteiger partial charge is 0.354 e. The van der Waals surface area contributed by atoms with Gasteiger partial charge in [-0.3, -0.25) is 14.4 Å². The minimum absolute atomic E-state index is 0.171. The first-order valence-corrected chi connectivity index (χ1v) is 10.5. The molecule has 0 saturated carbocycles. The first-order chi connectivity index (χ1) is 15.0. The zero-order valence-electron chi connectivity index (χ0n) is 17.8. The molecule has 0 atom stereocenters. The molecular weight excluding hydrogens is 396 g/mol. The first-order valence-electron chi connectivity index (χ1n) is 10.5. The van der Waals surface area contributed by atoms with Crippen LogP contribution >= 0.6 is 0 Å². The number of carbonyl (C=O) groups excluding carboxylic acids is 2. The highest BCUT2D eigenvalue weighted by atomic mass is 16.2. The van der Waals surface area contributed by atoms with Crippen molar-refractivity contribution in [2.75, 3.05) is 19.6 Å². The maximum atomic E-state index is 13.0. The van der Waals surface area contributed by atoms with Crippen molar-refractivity contribution in [2.24, 2.45) is 0 Å². The van der Waals surface area contributed by atoms with Crippen molar-refractivity contribution >= 4 is 22.7 Å². The van der Waals surface area contributed by atoms with E-state index < -0.39 is 5.56 Å². The quantitative estimate of drug-likeness (QED) is 0.579. The second kappa shape index (κ2) is 8.71. The van der Waals surface area contributed by atoms with E-state index in [0.717, 1.165) is 24.3 Å². The van der Waals surface area contributed by atoms with Gasteiger partial charge < -0.3 is 10.2 Å².